The van der Waals surface area contributed by atoms with Crippen LogP contribution in [0.15, 0.2) is 0 Å². The summed E-state index contributed by atoms with van der Waals surface area (Å²) in [6.45, 7) is 0.0863. The van der Waals surface area contributed by atoms with Crippen molar-refractivity contribution in [2.75, 3.05) is 13.1 Å². The molecule has 1 aromatic rings. The first-order chi connectivity index (χ1) is 8.41. The Morgan fingerprint density at radius 1 is 0.944 bits per heavy atom. The first kappa shape index (κ1) is 13.2. The van der Waals surface area contributed by atoms with Crippen LogP contribution in [0.25, 0.3) is 0 Å². The van der Waals surface area contributed by atoms with E-state index in [-0.39, 0.29) is 6.54 Å². The highest BCUT2D eigenvalue weighted by Crippen LogP contribution is 2.25. The van der Waals surface area contributed by atoms with Gasteiger partial charge in [-0.3, -0.25) is 4.90 Å². The van der Waals surface area contributed by atoms with Gasteiger partial charge in [-0.25, -0.2) is 22.0 Å². The van der Waals surface area contributed by atoms with Gasteiger partial charge in [0.05, 0.1) is 6.10 Å². The Hall–Kier alpha value is -1.21. The minimum atomic E-state index is -2.16. The molecule has 18 heavy (non-hydrogen) atoms. The summed E-state index contributed by atoms with van der Waals surface area (Å²) < 4.78 is 65.3. The number of hydrogen-bond donors (Lipinski definition) is 1. The van der Waals surface area contributed by atoms with Crippen molar-refractivity contribution in [1.82, 2.24) is 4.90 Å². The molecule has 1 heterocycles. The molecule has 0 bridgehead atoms. The van der Waals surface area contributed by atoms with E-state index in [9.17, 15) is 27.1 Å². The summed E-state index contributed by atoms with van der Waals surface area (Å²) in [5.41, 5.74) is -0.861. The molecule has 1 aliphatic rings. The van der Waals surface area contributed by atoms with Crippen LogP contribution in [-0.4, -0.2) is 29.2 Å². The van der Waals surface area contributed by atoms with Gasteiger partial charge in [0.1, 0.15) is 0 Å². The van der Waals surface area contributed by atoms with Crippen molar-refractivity contribution in [3.8, 4) is 0 Å². The molecule has 2 nitrogen and oxygen atoms in total. The molecule has 1 fully saturated rings. The summed E-state index contributed by atoms with van der Waals surface area (Å²) in [5.74, 6) is -9.66. The van der Waals surface area contributed by atoms with Gasteiger partial charge in [-0.1, -0.05) is 0 Å². The van der Waals surface area contributed by atoms with Crippen LogP contribution in [0.5, 0.6) is 0 Å². The van der Waals surface area contributed by atoms with Crippen molar-refractivity contribution in [3.05, 3.63) is 34.6 Å². The summed E-state index contributed by atoms with van der Waals surface area (Å²) in [6.07, 6.45) is -0.221. The summed E-state index contributed by atoms with van der Waals surface area (Å²) in [5, 5.41) is 9.23. The normalized spacial score (nSPS) is 20.7. The van der Waals surface area contributed by atoms with Crippen LogP contribution in [0.2, 0.25) is 0 Å². The predicted molar refractivity (Wildman–Crippen MR) is 52.1 cm³/mol. The van der Waals surface area contributed by atoms with E-state index in [1.54, 1.807) is 0 Å². The van der Waals surface area contributed by atoms with Crippen molar-refractivity contribution in [2.24, 2.45) is 0 Å². The van der Waals surface area contributed by atoms with Crippen LogP contribution in [0.3, 0.4) is 0 Å². The Bertz CT molecular complexity index is 450. The van der Waals surface area contributed by atoms with Crippen LogP contribution >= 0.6 is 0 Å². The van der Waals surface area contributed by atoms with Crippen LogP contribution in [0.4, 0.5) is 22.0 Å². The number of hydrogen-bond acceptors (Lipinski definition) is 2. The van der Waals surface area contributed by atoms with Crippen LogP contribution in [0.1, 0.15) is 12.0 Å². The highest BCUT2D eigenvalue weighted by molar-refractivity contribution is 5.24. The third-order valence-electron chi connectivity index (χ3n) is 2.93. The number of aliphatic hydroxyl groups excluding tert-OH is 1. The molecular weight excluding hydrogens is 257 g/mol. The topological polar surface area (TPSA) is 23.5 Å². The summed E-state index contributed by atoms with van der Waals surface area (Å²) in [7, 11) is 0. The molecule has 0 amide bonds. The Morgan fingerprint density at radius 2 is 1.44 bits per heavy atom. The van der Waals surface area contributed by atoms with Crippen LogP contribution in [-0.2, 0) is 6.54 Å². The second-order valence-corrected chi connectivity index (χ2v) is 4.23. The summed E-state index contributed by atoms with van der Waals surface area (Å²) in [4.78, 5) is 1.43. The SMILES string of the molecule is O[C@@H]1CCN(Cc2c(F)c(F)c(F)c(F)c2F)C1. The maximum Gasteiger partial charge on any atom is 0.200 e. The summed E-state index contributed by atoms with van der Waals surface area (Å²) in [6, 6.07) is 0. The minimum Gasteiger partial charge on any atom is -0.392 e. The monoisotopic (exact) mass is 267 g/mol. The molecule has 7 heteroatoms. The fourth-order valence-electron chi connectivity index (χ4n) is 1.97. The molecule has 1 saturated heterocycles. The van der Waals surface area contributed by atoms with Gasteiger partial charge in [0, 0.05) is 25.2 Å². The molecule has 100 valence electrons. The van der Waals surface area contributed by atoms with Gasteiger partial charge < -0.3 is 5.11 Å². The number of nitrogens with zero attached hydrogens (tertiary/aromatic N) is 1. The fourth-order valence-corrected chi connectivity index (χ4v) is 1.97. The number of likely N-dealkylation sites (tertiary alicyclic amines) is 1. The van der Waals surface area contributed by atoms with E-state index in [2.05, 4.69) is 0 Å². The van der Waals surface area contributed by atoms with Gasteiger partial charge in [-0.05, 0) is 6.42 Å². The van der Waals surface area contributed by atoms with Crippen molar-refractivity contribution >= 4 is 0 Å². The standard InChI is InChI=1S/C11H10F5NO/c12-7-6(4-17-2-1-5(18)3-17)8(13)10(15)11(16)9(7)14/h5,18H,1-4H2/t5-/m1/s1. The highest BCUT2D eigenvalue weighted by atomic mass is 19.2. The largest absolute Gasteiger partial charge is 0.392 e. The third-order valence-corrected chi connectivity index (χ3v) is 2.93. The smallest absolute Gasteiger partial charge is 0.200 e. The zero-order chi connectivity index (χ0) is 13.4. The Morgan fingerprint density at radius 3 is 1.89 bits per heavy atom. The molecule has 1 atom stereocenters. The number of rotatable bonds is 2. The van der Waals surface area contributed by atoms with Crippen molar-refractivity contribution in [2.45, 2.75) is 19.1 Å². The molecule has 2 rings (SSSR count). The maximum absolute atomic E-state index is 13.3. The average Bonchev–Trinajstić information content (AvgIpc) is 2.75. The van der Waals surface area contributed by atoms with E-state index in [4.69, 9.17) is 0 Å². The highest BCUT2D eigenvalue weighted by Gasteiger charge is 2.28. The summed E-state index contributed by atoms with van der Waals surface area (Å²) >= 11 is 0. The number of benzene rings is 1. The van der Waals surface area contributed by atoms with E-state index in [0.29, 0.717) is 13.0 Å². The van der Waals surface area contributed by atoms with E-state index in [0.717, 1.165) is 0 Å². The van der Waals surface area contributed by atoms with Crippen LogP contribution < -0.4 is 0 Å². The Balaban J connectivity index is 2.33. The second kappa shape index (κ2) is 4.81. The quantitative estimate of drug-likeness (QED) is 0.503. The van der Waals surface area contributed by atoms with E-state index in [1.165, 1.54) is 4.90 Å². The van der Waals surface area contributed by atoms with Gasteiger partial charge in [-0.2, -0.15) is 0 Å². The molecule has 1 aromatic carbocycles. The van der Waals surface area contributed by atoms with Gasteiger partial charge in [0.15, 0.2) is 23.3 Å². The molecular formula is C11H10F5NO. The van der Waals surface area contributed by atoms with Crippen molar-refractivity contribution in [3.63, 3.8) is 0 Å². The third kappa shape index (κ3) is 2.20. The molecule has 0 aromatic heterocycles. The zero-order valence-corrected chi connectivity index (χ0v) is 9.19. The molecule has 0 saturated carbocycles. The van der Waals surface area contributed by atoms with Crippen molar-refractivity contribution < 1.29 is 27.1 Å². The van der Waals surface area contributed by atoms with Gasteiger partial charge >= 0.3 is 0 Å². The predicted octanol–water partition coefficient (Wildman–Crippen LogP) is 1.95. The lowest BCUT2D eigenvalue weighted by Crippen LogP contribution is -2.24. The van der Waals surface area contributed by atoms with Gasteiger partial charge in [0.2, 0.25) is 5.82 Å². The zero-order valence-electron chi connectivity index (χ0n) is 9.19. The van der Waals surface area contributed by atoms with Gasteiger partial charge in [0.25, 0.3) is 0 Å². The lowest BCUT2D eigenvalue weighted by atomic mass is 10.1. The van der Waals surface area contributed by atoms with Crippen molar-refractivity contribution in [1.29, 1.82) is 0 Å². The number of β-amino-alcohol motifs (C(OH)–C–C–N with tert-alkyl or cyclic N) is 1. The van der Waals surface area contributed by atoms with E-state index < -0.39 is 47.3 Å². The fraction of sp³-hybridized carbons (Fsp3) is 0.455. The second-order valence-electron chi connectivity index (χ2n) is 4.23. The molecule has 0 spiro atoms. The van der Waals surface area contributed by atoms with E-state index in [1.807, 2.05) is 0 Å². The number of aliphatic hydroxyl groups is 1. The first-order valence-corrected chi connectivity index (χ1v) is 5.32. The molecule has 1 aliphatic heterocycles. The average molecular weight is 267 g/mol. The molecule has 1 N–H and O–H groups in total. The maximum atomic E-state index is 13.3. The molecule has 0 unspecified atom stereocenters. The van der Waals surface area contributed by atoms with E-state index >= 15 is 0 Å². The molecule has 0 radical (unpaired) electrons. The lowest BCUT2D eigenvalue weighted by molar-refractivity contribution is 0.173. The Labute approximate surface area is 99.6 Å². The minimum absolute atomic E-state index is 0.152. The first-order valence-electron chi connectivity index (χ1n) is 5.32. The Kier molecular flexibility index (Phi) is 3.54. The lowest BCUT2D eigenvalue weighted by Gasteiger charge is -2.16. The van der Waals surface area contributed by atoms with Crippen LogP contribution in [0, 0.1) is 29.1 Å². The van der Waals surface area contributed by atoms with Gasteiger partial charge in [-0.15, -0.1) is 0 Å². The molecule has 0 aliphatic carbocycles. The number of halogens is 5.